The first kappa shape index (κ1) is 19.7. The summed E-state index contributed by atoms with van der Waals surface area (Å²) in [6.45, 7) is 0. The normalized spacial score (nSPS) is 11.1. The van der Waals surface area contributed by atoms with Gasteiger partial charge in [-0.1, -0.05) is 54.1 Å². The Labute approximate surface area is 166 Å². The van der Waals surface area contributed by atoms with Gasteiger partial charge in [-0.15, -0.1) is 0 Å². The fourth-order valence-electron chi connectivity index (χ4n) is 2.57. The molecule has 1 N–H and O–H groups in total. The molecule has 0 aliphatic rings. The van der Waals surface area contributed by atoms with Crippen LogP contribution in [0.2, 0.25) is 5.02 Å². The summed E-state index contributed by atoms with van der Waals surface area (Å²) < 4.78 is 28.5. The molecule has 0 saturated carbocycles. The molecule has 0 fully saturated rings. The van der Waals surface area contributed by atoms with E-state index in [0.29, 0.717) is 10.3 Å². The molecule has 0 radical (unpaired) electrons. The summed E-state index contributed by atoms with van der Waals surface area (Å²) in [5, 5.41) is 0.182. The number of nitrogens with one attached hydrogen (secondary N) is 1. The van der Waals surface area contributed by atoms with E-state index in [2.05, 4.69) is 9.71 Å². The van der Waals surface area contributed by atoms with E-state index in [1.54, 1.807) is 36.4 Å². The summed E-state index contributed by atoms with van der Waals surface area (Å²) in [6, 6.07) is 15.4. The summed E-state index contributed by atoms with van der Waals surface area (Å²) in [5.41, 5.74) is 0.307. The number of benzene rings is 2. The van der Waals surface area contributed by atoms with Gasteiger partial charge in [-0.25, -0.2) is 13.4 Å². The van der Waals surface area contributed by atoms with Gasteiger partial charge >= 0.3 is 0 Å². The highest BCUT2D eigenvalue weighted by Gasteiger charge is 2.27. The van der Waals surface area contributed by atoms with Gasteiger partial charge in [0.1, 0.15) is 0 Å². The highest BCUT2D eigenvalue weighted by Crippen LogP contribution is 2.27. The maximum Gasteiger partial charge on any atom is 0.276 e. The van der Waals surface area contributed by atoms with E-state index in [9.17, 15) is 18.1 Å². The minimum atomic E-state index is -4.19. The number of carbonyl (C=O) groups excluding carboxylic acids is 1. The van der Waals surface area contributed by atoms with Crippen molar-refractivity contribution < 1.29 is 18.0 Å². The Morgan fingerprint density at radius 3 is 2.39 bits per heavy atom. The third kappa shape index (κ3) is 4.08. The summed E-state index contributed by atoms with van der Waals surface area (Å²) in [4.78, 5) is 28.3. The number of pyridine rings is 1. The van der Waals surface area contributed by atoms with Crippen LogP contribution in [0.3, 0.4) is 0 Å². The molecule has 142 valence electrons. The monoisotopic (exact) mass is 416 g/mol. The molecule has 0 spiro atoms. The zero-order valence-electron chi connectivity index (χ0n) is 14.7. The summed E-state index contributed by atoms with van der Waals surface area (Å²) in [7, 11) is -3.00. The number of para-hydroxylation sites is 1. The number of nitroso groups, excluding NO2 is 1. The molecule has 0 aliphatic heterocycles. The third-order valence-electron chi connectivity index (χ3n) is 3.86. The van der Waals surface area contributed by atoms with Gasteiger partial charge in [-0.2, -0.15) is 0 Å². The standard InChI is InChI=1S/C19H14ClN3O4S/c1-23(25)16-9-5-6-10-17(16)28(26,27)22-19-15(11-14(20)12-21-19)18(24)13-7-3-2-4-8-13/h2-12H,1H3/p+1. The minimum Gasteiger partial charge on any atom is -0.288 e. The van der Waals surface area contributed by atoms with Gasteiger partial charge in [0.25, 0.3) is 15.7 Å². The van der Waals surface area contributed by atoms with Gasteiger partial charge in [0.15, 0.2) is 23.5 Å². The zero-order chi connectivity index (χ0) is 20.3. The highest BCUT2D eigenvalue weighted by atomic mass is 35.5. The molecule has 0 unspecified atom stereocenters. The Morgan fingerprint density at radius 1 is 1.07 bits per heavy atom. The van der Waals surface area contributed by atoms with Crippen LogP contribution in [0.5, 0.6) is 0 Å². The molecule has 1 aromatic heterocycles. The van der Waals surface area contributed by atoms with Gasteiger partial charge in [0.05, 0.1) is 10.6 Å². The molecule has 28 heavy (non-hydrogen) atoms. The fraction of sp³-hybridized carbons (Fsp3) is 0.0526. The first-order valence-corrected chi connectivity index (χ1v) is 9.94. The number of halogens is 1. The molecule has 3 rings (SSSR count). The van der Waals surface area contributed by atoms with Crippen molar-refractivity contribution in [3.8, 4) is 0 Å². The maximum atomic E-state index is 12.9. The van der Waals surface area contributed by atoms with Crippen molar-refractivity contribution in [2.75, 3.05) is 11.8 Å². The highest BCUT2D eigenvalue weighted by molar-refractivity contribution is 7.92. The Bertz CT molecular complexity index is 1160. The van der Waals surface area contributed by atoms with Crippen LogP contribution in [-0.2, 0) is 10.0 Å². The molecular formula is C19H15ClN3O4S+. The Kier molecular flexibility index (Phi) is 5.53. The van der Waals surface area contributed by atoms with Crippen LogP contribution in [0.25, 0.3) is 0 Å². The summed E-state index contributed by atoms with van der Waals surface area (Å²) >= 11 is 5.96. The number of aromatic nitrogens is 1. The number of ketones is 1. The van der Waals surface area contributed by atoms with Crippen LogP contribution >= 0.6 is 11.6 Å². The summed E-state index contributed by atoms with van der Waals surface area (Å²) in [5.74, 6) is -0.621. The molecule has 0 atom stereocenters. The fourth-order valence-corrected chi connectivity index (χ4v) is 3.98. The first-order chi connectivity index (χ1) is 13.3. The molecule has 0 amide bonds. The SMILES string of the molecule is C[N+](=O)c1ccccc1S(=O)(=O)Nc1ncc(Cl)cc1C(=O)c1ccccc1. The van der Waals surface area contributed by atoms with Gasteiger partial charge in [0.2, 0.25) is 0 Å². The third-order valence-corrected chi connectivity index (χ3v) is 5.45. The van der Waals surface area contributed by atoms with E-state index >= 15 is 0 Å². The van der Waals surface area contributed by atoms with Gasteiger partial charge in [-0.05, 0) is 12.1 Å². The number of hydrogen-bond donors (Lipinski definition) is 1. The summed E-state index contributed by atoms with van der Waals surface area (Å²) in [6.07, 6.45) is 1.23. The van der Waals surface area contributed by atoms with Gasteiger partial charge < -0.3 is 0 Å². The van der Waals surface area contributed by atoms with Crippen molar-refractivity contribution in [2.45, 2.75) is 4.90 Å². The van der Waals surface area contributed by atoms with Crippen molar-refractivity contribution in [2.24, 2.45) is 0 Å². The van der Waals surface area contributed by atoms with E-state index < -0.39 is 15.8 Å². The van der Waals surface area contributed by atoms with E-state index in [1.165, 1.54) is 37.5 Å². The zero-order valence-corrected chi connectivity index (χ0v) is 16.2. The van der Waals surface area contributed by atoms with Crippen LogP contribution < -0.4 is 4.72 Å². The number of rotatable bonds is 6. The van der Waals surface area contributed by atoms with Crippen molar-refractivity contribution in [1.29, 1.82) is 0 Å². The average molecular weight is 417 g/mol. The number of hydrogen-bond acceptors (Lipinski definition) is 5. The lowest BCUT2D eigenvalue weighted by Gasteiger charge is -2.11. The second-order valence-corrected chi connectivity index (χ2v) is 7.90. The maximum absolute atomic E-state index is 12.9. The lowest BCUT2D eigenvalue weighted by molar-refractivity contribution is -0.431. The Hall–Kier alpha value is -3.10. The Morgan fingerprint density at radius 2 is 1.71 bits per heavy atom. The number of sulfonamides is 1. The molecule has 7 nitrogen and oxygen atoms in total. The quantitative estimate of drug-likeness (QED) is 0.487. The van der Waals surface area contributed by atoms with Gasteiger partial charge in [-0.3, -0.25) is 9.52 Å². The lowest BCUT2D eigenvalue weighted by Crippen LogP contribution is -2.18. The van der Waals surface area contributed by atoms with E-state index in [-0.39, 0.29) is 27.0 Å². The number of carbonyl (C=O) groups is 1. The molecule has 1 heterocycles. The van der Waals surface area contributed by atoms with Crippen molar-refractivity contribution in [1.82, 2.24) is 4.98 Å². The van der Waals surface area contributed by atoms with Crippen molar-refractivity contribution in [3.05, 3.63) is 87.9 Å². The van der Waals surface area contributed by atoms with Crippen LogP contribution in [0.15, 0.2) is 71.8 Å². The van der Waals surface area contributed by atoms with Crippen molar-refractivity contribution >= 4 is 38.9 Å². The first-order valence-electron chi connectivity index (χ1n) is 8.07. The minimum absolute atomic E-state index is 0.00441. The van der Waals surface area contributed by atoms with Crippen LogP contribution in [0.4, 0.5) is 11.5 Å². The van der Waals surface area contributed by atoms with Gasteiger partial charge in [0, 0.05) is 27.5 Å². The topological polar surface area (TPSA) is 96.2 Å². The predicted octanol–water partition coefficient (Wildman–Crippen LogP) is 3.81. The van der Waals surface area contributed by atoms with E-state index in [1.807, 2.05) is 0 Å². The van der Waals surface area contributed by atoms with E-state index in [4.69, 9.17) is 11.6 Å². The average Bonchev–Trinajstić information content (AvgIpc) is 2.69. The number of anilines is 1. The molecule has 0 aliphatic carbocycles. The molecule has 0 bridgehead atoms. The number of nitrogens with zero attached hydrogens (tertiary/aromatic N) is 2. The van der Waals surface area contributed by atoms with Crippen LogP contribution in [0, 0.1) is 4.91 Å². The van der Waals surface area contributed by atoms with Crippen LogP contribution in [0.1, 0.15) is 15.9 Å². The molecule has 0 saturated heterocycles. The lowest BCUT2D eigenvalue weighted by atomic mass is 10.0. The molecule has 2 aromatic carbocycles. The Balaban J connectivity index is 2.06. The molecular weight excluding hydrogens is 402 g/mol. The molecule has 3 aromatic rings. The van der Waals surface area contributed by atoms with Crippen LogP contribution in [-0.4, -0.2) is 31.0 Å². The smallest absolute Gasteiger partial charge is 0.276 e. The van der Waals surface area contributed by atoms with Crippen molar-refractivity contribution in [3.63, 3.8) is 0 Å². The largest absolute Gasteiger partial charge is 0.288 e. The predicted molar refractivity (Wildman–Crippen MR) is 106 cm³/mol. The molecule has 9 heteroatoms. The second-order valence-electron chi connectivity index (χ2n) is 5.82. The van der Waals surface area contributed by atoms with E-state index in [0.717, 1.165) is 0 Å². The second kappa shape index (κ2) is 7.87.